The van der Waals surface area contributed by atoms with E-state index in [1.54, 1.807) is 23.1 Å². The van der Waals surface area contributed by atoms with Crippen LogP contribution in [0.1, 0.15) is 30.3 Å². The molecule has 144 valence electrons. The van der Waals surface area contributed by atoms with Gasteiger partial charge in [-0.3, -0.25) is 0 Å². The number of rotatable bonds is 3. The molecule has 0 unspecified atom stereocenters. The number of urea groups is 1. The summed E-state index contributed by atoms with van der Waals surface area (Å²) in [5, 5.41) is 7.77. The molecule has 2 aromatic carbocycles. The molecule has 28 heavy (non-hydrogen) atoms. The molecule has 3 aromatic rings. The highest BCUT2D eigenvalue weighted by atomic mass is 35.5. The van der Waals surface area contributed by atoms with Crippen molar-refractivity contribution in [2.24, 2.45) is 0 Å². The highest BCUT2D eigenvalue weighted by Gasteiger charge is 2.34. The first-order chi connectivity index (χ1) is 13.5. The maximum Gasteiger partial charge on any atom is 0.322 e. The molecular formula is C20H18Cl2N4O2. The van der Waals surface area contributed by atoms with Crippen LogP contribution in [0.3, 0.4) is 0 Å². The Morgan fingerprint density at radius 3 is 2.86 bits per heavy atom. The van der Waals surface area contributed by atoms with Crippen LogP contribution in [0, 0.1) is 6.92 Å². The number of carbonyl (C=O) groups is 1. The van der Waals surface area contributed by atoms with Crippen LogP contribution in [0.2, 0.25) is 10.0 Å². The number of aromatic nitrogens is 2. The number of amides is 2. The van der Waals surface area contributed by atoms with Crippen LogP contribution in [0.25, 0.3) is 11.4 Å². The van der Waals surface area contributed by atoms with Gasteiger partial charge in [-0.1, -0.05) is 52.1 Å². The lowest BCUT2D eigenvalue weighted by Crippen LogP contribution is -2.34. The predicted molar refractivity (Wildman–Crippen MR) is 109 cm³/mol. The van der Waals surface area contributed by atoms with Gasteiger partial charge in [-0.15, -0.1) is 0 Å². The molecule has 0 radical (unpaired) electrons. The van der Waals surface area contributed by atoms with Gasteiger partial charge in [0.25, 0.3) is 0 Å². The fourth-order valence-corrected chi connectivity index (χ4v) is 3.61. The van der Waals surface area contributed by atoms with Crippen molar-refractivity contribution in [2.75, 3.05) is 11.9 Å². The summed E-state index contributed by atoms with van der Waals surface area (Å²) < 4.78 is 5.49. The highest BCUT2D eigenvalue weighted by Crippen LogP contribution is 2.33. The second kappa shape index (κ2) is 7.81. The van der Waals surface area contributed by atoms with Crippen molar-refractivity contribution in [3.05, 3.63) is 64.0 Å². The van der Waals surface area contributed by atoms with Gasteiger partial charge < -0.3 is 14.7 Å². The smallest absolute Gasteiger partial charge is 0.322 e. The molecule has 1 aliphatic heterocycles. The minimum atomic E-state index is -0.256. The molecule has 0 aliphatic carbocycles. The van der Waals surface area contributed by atoms with Gasteiger partial charge in [0.05, 0.1) is 10.0 Å². The van der Waals surface area contributed by atoms with E-state index in [1.807, 2.05) is 31.2 Å². The van der Waals surface area contributed by atoms with Gasteiger partial charge in [0.15, 0.2) is 0 Å². The van der Waals surface area contributed by atoms with Crippen LogP contribution in [0.15, 0.2) is 47.0 Å². The van der Waals surface area contributed by atoms with Crippen molar-refractivity contribution < 1.29 is 9.32 Å². The Hall–Kier alpha value is -2.57. The number of nitrogens with zero attached hydrogens (tertiary/aromatic N) is 3. The van der Waals surface area contributed by atoms with E-state index in [1.165, 1.54) is 0 Å². The fraction of sp³-hybridized carbons (Fsp3) is 0.250. The Morgan fingerprint density at radius 2 is 2.07 bits per heavy atom. The summed E-state index contributed by atoms with van der Waals surface area (Å²) in [5.74, 6) is 0.966. The van der Waals surface area contributed by atoms with Gasteiger partial charge in [0, 0.05) is 17.8 Å². The molecule has 6 nitrogen and oxygen atoms in total. The Labute approximate surface area is 172 Å². The second-order valence-electron chi connectivity index (χ2n) is 6.74. The van der Waals surface area contributed by atoms with Crippen LogP contribution in [0.5, 0.6) is 0 Å². The summed E-state index contributed by atoms with van der Waals surface area (Å²) >= 11 is 12.0. The molecule has 0 saturated carbocycles. The van der Waals surface area contributed by atoms with Gasteiger partial charge >= 0.3 is 6.03 Å². The molecule has 1 saturated heterocycles. The maximum absolute atomic E-state index is 12.8. The quantitative estimate of drug-likeness (QED) is 0.592. The van der Waals surface area contributed by atoms with Crippen LogP contribution < -0.4 is 5.32 Å². The monoisotopic (exact) mass is 416 g/mol. The molecule has 1 aromatic heterocycles. The minimum absolute atomic E-state index is 0.240. The second-order valence-corrected chi connectivity index (χ2v) is 7.55. The van der Waals surface area contributed by atoms with Crippen LogP contribution >= 0.6 is 23.2 Å². The lowest BCUT2D eigenvalue weighted by Gasteiger charge is -2.22. The Balaban J connectivity index is 1.52. The zero-order valence-electron chi connectivity index (χ0n) is 15.2. The molecular weight excluding hydrogens is 399 g/mol. The van der Waals surface area contributed by atoms with Gasteiger partial charge in [-0.05, 0) is 44.0 Å². The first kappa shape index (κ1) is 18.8. The lowest BCUT2D eigenvalue weighted by atomic mass is 10.1. The average Bonchev–Trinajstić information content (AvgIpc) is 3.33. The average molecular weight is 417 g/mol. The van der Waals surface area contributed by atoms with E-state index in [9.17, 15) is 4.79 Å². The molecule has 1 N–H and O–H groups in total. The molecule has 2 heterocycles. The van der Waals surface area contributed by atoms with E-state index < -0.39 is 0 Å². The van der Waals surface area contributed by atoms with Crippen molar-refractivity contribution in [1.29, 1.82) is 0 Å². The third-order valence-corrected chi connectivity index (χ3v) is 5.43. The van der Waals surface area contributed by atoms with Gasteiger partial charge in [0.2, 0.25) is 11.7 Å². The summed E-state index contributed by atoms with van der Waals surface area (Å²) in [6.45, 7) is 2.62. The normalized spacial score (nSPS) is 16.4. The van der Waals surface area contributed by atoms with Gasteiger partial charge in [-0.2, -0.15) is 4.98 Å². The van der Waals surface area contributed by atoms with E-state index >= 15 is 0 Å². The van der Waals surface area contributed by atoms with Crippen molar-refractivity contribution in [2.45, 2.75) is 25.8 Å². The Kier molecular flexibility index (Phi) is 5.24. The zero-order chi connectivity index (χ0) is 19.7. The van der Waals surface area contributed by atoms with Crippen molar-refractivity contribution in [3.63, 3.8) is 0 Å². The lowest BCUT2D eigenvalue weighted by molar-refractivity contribution is 0.193. The number of hydrogen-bond acceptors (Lipinski definition) is 4. The molecule has 1 aliphatic rings. The van der Waals surface area contributed by atoms with E-state index in [4.69, 9.17) is 27.7 Å². The van der Waals surface area contributed by atoms with E-state index in [0.29, 0.717) is 34.0 Å². The van der Waals surface area contributed by atoms with Crippen molar-refractivity contribution in [1.82, 2.24) is 15.0 Å². The van der Waals surface area contributed by atoms with Gasteiger partial charge in [0.1, 0.15) is 6.04 Å². The number of anilines is 1. The van der Waals surface area contributed by atoms with Crippen LogP contribution in [-0.4, -0.2) is 27.6 Å². The molecule has 4 rings (SSSR count). The number of carbonyl (C=O) groups excluding carboxylic acids is 1. The number of likely N-dealkylation sites (tertiary alicyclic amines) is 1. The van der Waals surface area contributed by atoms with E-state index in [0.717, 1.165) is 24.0 Å². The minimum Gasteiger partial charge on any atom is -0.337 e. The molecule has 0 spiro atoms. The summed E-state index contributed by atoms with van der Waals surface area (Å²) in [6, 6.07) is 12.4. The number of benzene rings is 2. The number of aryl methyl sites for hydroxylation is 1. The molecule has 8 heteroatoms. The SMILES string of the molecule is Cc1cccc(-c2noc([C@@H]3CCCN3C(=O)Nc3ccc(Cl)c(Cl)c3)n2)c1. The number of hydrogen-bond donors (Lipinski definition) is 1. The van der Waals surface area contributed by atoms with Gasteiger partial charge in [-0.25, -0.2) is 4.79 Å². The van der Waals surface area contributed by atoms with Crippen molar-refractivity contribution in [3.8, 4) is 11.4 Å². The maximum atomic E-state index is 12.8. The van der Waals surface area contributed by atoms with Crippen molar-refractivity contribution >= 4 is 34.9 Å². The summed E-state index contributed by atoms with van der Waals surface area (Å²) in [5.41, 5.74) is 2.59. The third kappa shape index (κ3) is 3.84. The number of nitrogens with one attached hydrogen (secondary N) is 1. The third-order valence-electron chi connectivity index (χ3n) is 4.69. The fourth-order valence-electron chi connectivity index (χ4n) is 3.31. The summed E-state index contributed by atoms with van der Waals surface area (Å²) in [7, 11) is 0. The Bertz CT molecular complexity index is 1020. The summed E-state index contributed by atoms with van der Waals surface area (Å²) in [4.78, 5) is 19.0. The van der Waals surface area contributed by atoms with Crippen LogP contribution in [-0.2, 0) is 0 Å². The largest absolute Gasteiger partial charge is 0.337 e. The highest BCUT2D eigenvalue weighted by molar-refractivity contribution is 6.42. The topological polar surface area (TPSA) is 71.3 Å². The molecule has 1 atom stereocenters. The standard InChI is InChI=1S/C20H18Cl2N4O2/c1-12-4-2-5-13(10-12)18-24-19(28-25-18)17-6-3-9-26(17)20(27)23-14-7-8-15(21)16(22)11-14/h2,4-5,7-8,10-11,17H,3,6,9H2,1H3,(H,23,27)/t17-/m0/s1. The molecule has 1 fully saturated rings. The first-order valence-electron chi connectivity index (χ1n) is 8.94. The van der Waals surface area contributed by atoms with Crippen LogP contribution in [0.4, 0.5) is 10.5 Å². The predicted octanol–water partition coefficient (Wildman–Crippen LogP) is 5.72. The number of halogens is 2. The zero-order valence-corrected chi connectivity index (χ0v) is 16.7. The van der Waals surface area contributed by atoms with E-state index in [-0.39, 0.29) is 12.1 Å². The van der Waals surface area contributed by atoms with E-state index in [2.05, 4.69) is 15.5 Å². The molecule has 0 bridgehead atoms. The Morgan fingerprint density at radius 1 is 1.21 bits per heavy atom. The summed E-state index contributed by atoms with van der Waals surface area (Å²) in [6.07, 6.45) is 1.63. The first-order valence-corrected chi connectivity index (χ1v) is 9.70. The molecule has 2 amide bonds.